The molecule has 1 aliphatic rings. The van der Waals surface area contributed by atoms with E-state index in [9.17, 15) is 0 Å². The van der Waals surface area contributed by atoms with Crippen molar-refractivity contribution in [3.05, 3.63) is 0 Å². The second kappa shape index (κ2) is 5.58. The Bertz CT molecular complexity index is 106. The highest BCUT2D eigenvalue weighted by atomic mass is 14.6. The molecule has 0 amide bonds. The van der Waals surface area contributed by atoms with Crippen LogP contribution < -0.4 is 5.73 Å². The van der Waals surface area contributed by atoms with Gasteiger partial charge in [-0.1, -0.05) is 39.0 Å². The predicted octanol–water partition coefficient (Wildman–Crippen LogP) is 3.08. The van der Waals surface area contributed by atoms with Gasteiger partial charge in [0.2, 0.25) is 0 Å². The first-order valence-corrected chi connectivity index (χ1v) is 5.58. The summed E-state index contributed by atoms with van der Waals surface area (Å²) in [6.07, 6.45) is 11.0. The van der Waals surface area contributed by atoms with Crippen LogP contribution >= 0.6 is 0 Å². The molecule has 0 bridgehead atoms. The van der Waals surface area contributed by atoms with Crippen LogP contribution in [-0.2, 0) is 0 Å². The Labute approximate surface area is 76.7 Å². The molecule has 1 saturated carbocycles. The third-order valence-electron chi connectivity index (χ3n) is 3.08. The predicted molar refractivity (Wildman–Crippen MR) is 54.1 cm³/mol. The van der Waals surface area contributed by atoms with Crippen LogP contribution in [0.1, 0.15) is 58.3 Å². The van der Waals surface area contributed by atoms with Gasteiger partial charge in [-0.15, -0.1) is 0 Å². The van der Waals surface area contributed by atoms with E-state index in [-0.39, 0.29) is 0 Å². The zero-order valence-electron chi connectivity index (χ0n) is 8.39. The second-order valence-corrected chi connectivity index (χ2v) is 4.28. The van der Waals surface area contributed by atoms with Crippen LogP contribution in [0.3, 0.4) is 0 Å². The van der Waals surface area contributed by atoms with E-state index in [1.54, 1.807) is 0 Å². The van der Waals surface area contributed by atoms with E-state index in [1.807, 2.05) is 0 Å². The standard InChI is InChI=1S/C11H23N/c1-2-5-11(12)9-8-10-6-3-4-7-10/h10-11H,2-9,12H2,1H3. The molecule has 0 saturated heterocycles. The molecule has 1 unspecified atom stereocenters. The van der Waals surface area contributed by atoms with E-state index < -0.39 is 0 Å². The zero-order valence-corrected chi connectivity index (χ0v) is 8.39. The molecule has 72 valence electrons. The molecule has 2 N–H and O–H groups in total. The molecule has 1 nitrogen and oxygen atoms in total. The lowest BCUT2D eigenvalue weighted by atomic mass is 9.97. The third kappa shape index (κ3) is 3.57. The van der Waals surface area contributed by atoms with Crippen LogP contribution in [0.25, 0.3) is 0 Å². The quantitative estimate of drug-likeness (QED) is 0.672. The number of hydrogen-bond donors (Lipinski definition) is 1. The van der Waals surface area contributed by atoms with Gasteiger partial charge in [-0.05, 0) is 25.2 Å². The lowest BCUT2D eigenvalue weighted by Crippen LogP contribution is -2.20. The Morgan fingerprint density at radius 3 is 2.50 bits per heavy atom. The van der Waals surface area contributed by atoms with E-state index in [0.717, 1.165) is 5.92 Å². The largest absolute Gasteiger partial charge is 0.328 e. The van der Waals surface area contributed by atoms with Crippen molar-refractivity contribution >= 4 is 0 Å². The van der Waals surface area contributed by atoms with Crippen molar-refractivity contribution in [3.63, 3.8) is 0 Å². The minimum Gasteiger partial charge on any atom is -0.328 e. The lowest BCUT2D eigenvalue weighted by molar-refractivity contribution is 0.436. The first kappa shape index (κ1) is 10.0. The maximum atomic E-state index is 5.96. The molecule has 0 radical (unpaired) electrons. The fraction of sp³-hybridized carbons (Fsp3) is 1.00. The molecule has 0 aromatic carbocycles. The summed E-state index contributed by atoms with van der Waals surface area (Å²) >= 11 is 0. The van der Waals surface area contributed by atoms with Crippen molar-refractivity contribution in [1.29, 1.82) is 0 Å². The summed E-state index contributed by atoms with van der Waals surface area (Å²) in [6, 6.07) is 0.482. The fourth-order valence-electron chi connectivity index (χ4n) is 2.26. The van der Waals surface area contributed by atoms with E-state index in [4.69, 9.17) is 5.73 Å². The maximum Gasteiger partial charge on any atom is 0.00388 e. The number of rotatable bonds is 5. The summed E-state index contributed by atoms with van der Waals surface area (Å²) in [5.41, 5.74) is 5.96. The number of hydrogen-bond acceptors (Lipinski definition) is 1. The van der Waals surface area contributed by atoms with Crippen molar-refractivity contribution < 1.29 is 0 Å². The minimum absolute atomic E-state index is 0.482. The SMILES string of the molecule is CCCC(N)CCC1CCCC1. The average Bonchev–Trinajstić information content (AvgIpc) is 2.53. The minimum atomic E-state index is 0.482. The molecular formula is C11H23N. The highest BCUT2D eigenvalue weighted by Crippen LogP contribution is 2.28. The second-order valence-electron chi connectivity index (χ2n) is 4.28. The smallest absolute Gasteiger partial charge is 0.00388 e. The molecule has 1 fully saturated rings. The average molecular weight is 169 g/mol. The third-order valence-corrected chi connectivity index (χ3v) is 3.08. The molecule has 0 spiro atoms. The van der Waals surface area contributed by atoms with Crippen molar-refractivity contribution in [2.24, 2.45) is 11.7 Å². The lowest BCUT2D eigenvalue weighted by Gasteiger charge is -2.13. The molecule has 1 aliphatic carbocycles. The zero-order chi connectivity index (χ0) is 8.81. The summed E-state index contributed by atoms with van der Waals surface area (Å²) in [6.45, 7) is 2.22. The molecule has 0 aliphatic heterocycles. The normalized spacial score (nSPS) is 21.5. The van der Waals surface area contributed by atoms with Gasteiger partial charge in [-0.2, -0.15) is 0 Å². The van der Waals surface area contributed by atoms with Crippen LogP contribution in [0.5, 0.6) is 0 Å². The van der Waals surface area contributed by atoms with Gasteiger partial charge in [-0.25, -0.2) is 0 Å². The maximum absolute atomic E-state index is 5.96. The first-order valence-electron chi connectivity index (χ1n) is 5.58. The van der Waals surface area contributed by atoms with Gasteiger partial charge < -0.3 is 5.73 Å². The highest BCUT2D eigenvalue weighted by Gasteiger charge is 2.15. The van der Waals surface area contributed by atoms with E-state index in [0.29, 0.717) is 6.04 Å². The molecular weight excluding hydrogens is 146 g/mol. The van der Waals surface area contributed by atoms with Crippen molar-refractivity contribution in [2.45, 2.75) is 64.3 Å². The van der Waals surface area contributed by atoms with Gasteiger partial charge >= 0.3 is 0 Å². The molecule has 1 atom stereocenters. The van der Waals surface area contributed by atoms with Gasteiger partial charge in [0.1, 0.15) is 0 Å². The molecule has 12 heavy (non-hydrogen) atoms. The summed E-state index contributed by atoms with van der Waals surface area (Å²) in [5.74, 6) is 1.02. The van der Waals surface area contributed by atoms with Crippen molar-refractivity contribution in [3.8, 4) is 0 Å². The Morgan fingerprint density at radius 1 is 1.25 bits per heavy atom. The fourth-order valence-corrected chi connectivity index (χ4v) is 2.26. The van der Waals surface area contributed by atoms with Crippen molar-refractivity contribution in [2.75, 3.05) is 0 Å². The highest BCUT2D eigenvalue weighted by molar-refractivity contribution is 4.70. The summed E-state index contributed by atoms with van der Waals surface area (Å²) < 4.78 is 0. The van der Waals surface area contributed by atoms with Crippen molar-refractivity contribution in [1.82, 2.24) is 0 Å². The molecule has 0 aromatic heterocycles. The summed E-state index contributed by atoms with van der Waals surface area (Å²) in [4.78, 5) is 0. The summed E-state index contributed by atoms with van der Waals surface area (Å²) in [7, 11) is 0. The summed E-state index contributed by atoms with van der Waals surface area (Å²) in [5, 5.41) is 0. The van der Waals surface area contributed by atoms with E-state index >= 15 is 0 Å². The van der Waals surface area contributed by atoms with Crippen LogP contribution in [0, 0.1) is 5.92 Å². The molecule has 1 rings (SSSR count). The van der Waals surface area contributed by atoms with Crippen LogP contribution in [-0.4, -0.2) is 6.04 Å². The van der Waals surface area contributed by atoms with E-state index in [2.05, 4.69) is 6.92 Å². The van der Waals surface area contributed by atoms with Gasteiger partial charge in [0.15, 0.2) is 0 Å². The number of nitrogens with two attached hydrogens (primary N) is 1. The van der Waals surface area contributed by atoms with Crippen LogP contribution in [0.15, 0.2) is 0 Å². The van der Waals surface area contributed by atoms with Gasteiger partial charge in [0, 0.05) is 6.04 Å². The van der Waals surface area contributed by atoms with E-state index in [1.165, 1.54) is 51.4 Å². The van der Waals surface area contributed by atoms with Crippen LogP contribution in [0.2, 0.25) is 0 Å². The molecule has 0 heterocycles. The first-order chi connectivity index (χ1) is 5.83. The topological polar surface area (TPSA) is 26.0 Å². The Kier molecular flexibility index (Phi) is 4.67. The molecule has 1 heteroatoms. The van der Waals surface area contributed by atoms with Crippen LogP contribution in [0.4, 0.5) is 0 Å². The van der Waals surface area contributed by atoms with Gasteiger partial charge in [0.25, 0.3) is 0 Å². The Morgan fingerprint density at radius 2 is 1.92 bits per heavy atom. The Balaban J connectivity index is 1.99. The monoisotopic (exact) mass is 169 g/mol. The molecule has 0 aromatic rings. The Hall–Kier alpha value is -0.0400. The van der Waals surface area contributed by atoms with Gasteiger partial charge in [0.05, 0.1) is 0 Å². The van der Waals surface area contributed by atoms with Gasteiger partial charge in [-0.3, -0.25) is 0 Å².